The maximum atomic E-state index is 13.0. The van der Waals surface area contributed by atoms with Gasteiger partial charge in [-0.25, -0.2) is 0 Å². The molecular formula is C24H32O5. The molecule has 5 rings (SSSR count). The summed E-state index contributed by atoms with van der Waals surface area (Å²) in [6.45, 7) is 4.46. The van der Waals surface area contributed by atoms with E-state index in [1.54, 1.807) is 6.08 Å². The summed E-state index contributed by atoms with van der Waals surface area (Å²) in [5.74, 6) is -0.453. The molecule has 0 aromatic carbocycles. The third kappa shape index (κ3) is 2.42. The molecule has 4 aliphatic carbocycles. The van der Waals surface area contributed by atoms with E-state index >= 15 is 0 Å². The Bertz CT molecular complexity index is 851. The van der Waals surface area contributed by atoms with Crippen molar-refractivity contribution in [2.24, 2.45) is 34.5 Å². The Morgan fingerprint density at radius 2 is 1.90 bits per heavy atom. The maximum absolute atomic E-state index is 13.0. The van der Waals surface area contributed by atoms with Crippen LogP contribution in [-0.2, 0) is 23.9 Å². The number of rotatable bonds is 1. The molecule has 0 bridgehead atoms. The molecule has 5 aliphatic rings. The Morgan fingerprint density at radius 1 is 1.14 bits per heavy atom. The van der Waals surface area contributed by atoms with Crippen molar-refractivity contribution in [3.63, 3.8) is 0 Å². The zero-order valence-corrected chi connectivity index (χ0v) is 17.7. The van der Waals surface area contributed by atoms with Crippen LogP contribution in [0, 0.1) is 34.5 Å². The first-order valence-electron chi connectivity index (χ1n) is 11.7. The number of esters is 2. The van der Waals surface area contributed by atoms with E-state index in [1.165, 1.54) is 7.11 Å². The molecule has 29 heavy (non-hydrogen) atoms. The van der Waals surface area contributed by atoms with Crippen molar-refractivity contribution < 1.29 is 25.2 Å². The molecular weight excluding hydrogens is 368 g/mol. The number of allylic oxidation sites excluding steroid dienone is 1. The fraction of sp³-hybridized carbons (Fsp3) is 0.792. The molecule has 0 amide bonds. The molecule has 4 fully saturated rings. The Kier molecular flexibility index (Phi) is 3.87. The van der Waals surface area contributed by atoms with Crippen LogP contribution in [0.3, 0.4) is 0 Å². The van der Waals surface area contributed by atoms with E-state index in [1.807, 2.05) is 0 Å². The molecule has 5 heteroatoms. The number of carbonyl (C=O) groups is 3. The number of carbonyl (C=O) groups excluding carboxylic acids is 3. The molecule has 1 saturated heterocycles. The van der Waals surface area contributed by atoms with E-state index in [0.717, 1.165) is 44.1 Å². The lowest BCUT2D eigenvalue weighted by Crippen LogP contribution is -2.58. The molecule has 8 atom stereocenters. The minimum absolute atomic E-state index is 0.0210. The van der Waals surface area contributed by atoms with Crippen molar-refractivity contribution in [2.45, 2.75) is 77.2 Å². The largest absolute Gasteiger partial charge is 0.469 e. The summed E-state index contributed by atoms with van der Waals surface area (Å²) in [7, 11) is 1.40. The molecule has 1 aliphatic heterocycles. The summed E-state index contributed by atoms with van der Waals surface area (Å²) >= 11 is 0. The van der Waals surface area contributed by atoms with Gasteiger partial charge in [-0.1, -0.05) is 19.4 Å². The molecule has 0 N–H and O–H groups in total. The zero-order chi connectivity index (χ0) is 21.5. The highest BCUT2D eigenvalue weighted by atomic mass is 16.6. The van der Waals surface area contributed by atoms with Crippen LogP contribution in [0.4, 0.5) is 0 Å². The van der Waals surface area contributed by atoms with Crippen LogP contribution < -0.4 is 0 Å². The Morgan fingerprint density at radius 3 is 2.59 bits per heavy atom. The third-order valence-corrected chi connectivity index (χ3v) is 9.60. The van der Waals surface area contributed by atoms with Gasteiger partial charge >= 0.3 is 11.9 Å². The van der Waals surface area contributed by atoms with Gasteiger partial charge in [0.2, 0.25) is 0 Å². The van der Waals surface area contributed by atoms with Gasteiger partial charge in [-0.15, -0.1) is 0 Å². The Labute approximate surface area is 174 Å². The first kappa shape index (κ1) is 18.1. The van der Waals surface area contributed by atoms with Crippen molar-refractivity contribution in [1.82, 2.24) is 0 Å². The molecule has 0 aromatic rings. The van der Waals surface area contributed by atoms with Crippen molar-refractivity contribution in [1.29, 1.82) is 0 Å². The van der Waals surface area contributed by atoms with Crippen LogP contribution in [0.2, 0.25) is 0 Å². The van der Waals surface area contributed by atoms with Crippen molar-refractivity contribution in [3.8, 4) is 0 Å². The average Bonchev–Trinajstić information content (AvgIpc) is 3.23. The van der Waals surface area contributed by atoms with Crippen LogP contribution in [0.1, 0.15) is 73.0 Å². The molecule has 0 aromatic heterocycles. The summed E-state index contributed by atoms with van der Waals surface area (Å²) < 4.78 is 20.3. The smallest absolute Gasteiger partial charge is 0.309 e. The summed E-state index contributed by atoms with van der Waals surface area (Å²) in [4.78, 5) is 37.3. The maximum Gasteiger partial charge on any atom is 0.309 e. The van der Waals surface area contributed by atoms with Gasteiger partial charge in [-0.05, 0) is 74.2 Å². The normalized spacial score (nSPS) is 51.5. The van der Waals surface area contributed by atoms with E-state index in [9.17, 15) is 14.4 Å². The summed E-state index contributed by atoms with van der Waals surface area (Å²) in [5, 5.41) is 0. The lowest BCUT2D eigenvalue weighted by Gasteiger charge is -2.60. The number of hydrogen-bond donors (Lipinski definition) is 0. The first-order chi connectivity index (χ1) is 14.2. The van der Waals surface area contributed by atoms with Crippen molar-refractivity contribution in [2.75, 3.05) is 7.11 Å². The minimum atomic E-state index is -0.752. The number of ether oxygens (including phenoxy) is 2. The average molecular weight is 402 g/mol. The molecule has 1 spiro atoms. The van der Waals surface area contributed by atoms with Crippen LogP contribution in [0.15, 0.2) is 11.6 Å². The fourth-order valence-electron chi connectivity index (χ4n) is 7.98. The summed E-state index contributed by atoms with van der Waals surface area (Å²) in [6, 6.07) is 0. The van der Waals surface area contributed by atoms with Gasteiger partial charge in [0, 0.05) is 19.6 Å². The lowest BCUT2D eigenvalue weighted by atomic mass is 9.44. The van der Waals surface area contributed by atoms with Gasteiger partial charge in [-0.3, -0.25) is 14.4 Å². The monoisotopic (exact) mass is 401 g/mol. The Hall–Kier alpha value is -1.65. The van der Waals surface area contributed by atoms with Crippen molar-refractivity contribution in [3.05, 3.63) is 11.6 Å². The summed E-state index contributed by atoms with van der Waals surface area (Å²) in [6.07, 6.45) is 7.07. The Balaban J connectivity index is 1.61. The van der Waals surface area contributed by atoms with Crippen LogP contribution in [0.25, 0.3) is 0 Å². The topological polar surface area (TPSA) is 69.7 Å². The first-order valence-corrected chi connectivity index (χ1v) is 11.1. The fourth-order valence-corrected chi connectivity index (χ4v) is 7.98. The van der Waals surface area contributed by atoms with E-state index in [4.69, 9.17) is 10.8 Å². The third-order valence-electron chi connectivity index (χ3n) is 9.60. The van der Waals surface area contributed by atoms with Crippen LogP contribution in [-0.4, -0.2) is 30.4 Å². The molecule has 3 saturated carbocycles. The van der Waals surface area contributed by atoms with Gasteiger partial charge in [0.1, 0.15) is 5.60 Å². The number of methoxy groups -OCH3 is 1. The number of ketones is 1. The predicted octanol–water partition coefficient (Wildman–Crippen LogP) is 3.99. The van der Waals surface area contributed by atoms with E-state index in [0.29, 0.717) is 12.8 Å². The number of hydrogen-bond acceptors (Lipinski definition) is 5. The highest BCUT2D eigenvalue weighted by Crippen LogP contribution is 2.70. The van der Waals surface area contributed by atoms with Gasteiger partial charge in [0.15, 0.2) is 5.78 Å². The molecule has 5 nitrogen and oxygen atoms in total. The van der Waals surface area contributed by atoms with Gasteiger partial charge in [-0.2, -0.15) is 0 Å². The standard InChI is InChI=1S/C24H32O5/c1-22-8-4-15(25)12-14(22)13-16(21(27)28-3)20-17(22)5-9-23(2)18(20)6-10-24(23)11-7-19(26)29-24/h12,16-18,20H,4-11,13H2,1-3H3/t16-,17+,18+,20-,22+,23+,24-/m1/s1/i13D/t13-,16-,17+,18+,20-,22+,23+,24-. The van der Waals surface area contributed by atoms with Crippen molar-refractivity contribution >= 4 is 17.7 Å². The second-order valence-corrected chi connectivity index (χ2v) is 10.5. The van der Waals surface area contributed by atoms with Crippen LogP contribution >= 0.6 is 0 Å². The minimum Gasteiger partial charge on any atom is -0.469 e. The number of fused-ring (bicyclic) bond motifs is 6. The van der Waals surface area contributed by atoms with E-state index in [2.05, 4.69) is 13.8 Å². The summed E-state index contributed by atoms with van der Waals surface area (Å²) in [5.41, 5.74) is 0.0177. The quantitative estimate of drug-likeness (QED) is 0.621. The molecule has 158 valence electrons. The second-order valence-electron chi connectivity index (χ2n) is 10.5. The SMILES string of the molecule is [2H][C@@H]1C2=CC(=O)CC[C@]2(C)[C@H]2CC[C@@]3(C)[C@@H](CC[C@@]34CCC(=O)O4)[C@@H]2[C@@H]1C(=O)OC. The van der Waals surface area contributed by atoms with E-state index in [-0.39, 0.29) is 46.3 Å². The molecule has 0 radical (unpaired) electrons. The van der Waals surface area contributed by atoms with Gasteiger partial charge in [0.25, 0.3) is 0 Å². The second kappa shape index (κ2) is 6.18. The molecule has 0 unspecified atom stereocenters. The van der Waals surface area contributed by atoms with E-state index < -0.39 is 17.9 Å². The highest BCUT2D eigenvalue weighted by molar-refractivity contribution is 5.92. The highest BCUT2D eigenvalue weighted by Gasteiger charge is 2.69. The zero-order valence-electron chi connectivity index (χ0n) is 18.7. The lowest BCUT2D eigenvalue weighted by molar-refractivity contribution is -0.177. The van der Waals surface area contributed by atoms with Gasteiger partial charge < -0.3 is 9.47 Å². The van der Waals surface area contributed by atoms with Gasteiger partial charge in [0.05, 0.1) is 13.0 Å². The van der Waals surface area contributed by atoms with Crippen LogP contribution in [0.5, 0.6) is 0 Å². The molecule has 1 heterocycles. The predicted molar refractivity (Wildman–Crippen MR) is 106 cm³/mol.